The lowest BCUT2D eigenvalue weighted by Crippen LogP contribution is -2.32. The van der Waals surface area contributed by atoms with Gasteiger partial charge in [0.25, 0.3) is 0 Å². The van der Waals surface area contributed by atoms with E-state index in [1.54, 1.807) is 19.1 Å². The maximum absolute atomic E-state index is 11.3. The van der Waals surface area contributed by atoms with Crippen molar-refractivity contribution in [3.05, 3.63) is 65.2 Å². The molecular formula is C22H28N2OS. The first-order chi connectivity index (χ1) is 12.4. The molecular weight excluding hydrogens is 340 g/mol. The number of nitrogens with one attached hydrogen (secondary N) is 2. The first kappa shape index (κ1) is 20.1. The Morgan fingerprint density at radius 2 is 1.54 bits per heavy atom. The molecule has 26 heavy (non-hydrogen) atoms. The third kappa shape index (κ3) is 5.40. The quantitative estimate of drug-likeness (QED) is 0.476. The van der Waals surface area contributed by atoms with Crippen LogP contribution in [0.3, 0.4) is 0 Å². The Morgan fingerprint density at radius 1 is 0.962 bits per heavy atom. The van der Waals surface area contributed by atoms with Gasteiger partial charge in [-0.15, -0.1) is 0 Å². The van der Waals surface area contributed by atoms with Gasteiger partial charge in [-0.25, -0.2) is 0 Å². The van der Waals surface area contributed by atoms with E-state index >= 15 is 0 Å². The SMILES string of the molecule is CCC(C)c1ccc(C(CC)NC(=S)Nc2ccc(C(C)=O)cc2)cc1. The van der Waals surface area contributed by atoms with Crippen LogP contribution in [-0.2, 0) is 0 Å². The largest absolute Gasteiger partial charge is 0.356 e. The molecule has 0 amide bonds. The Bertz CT molecular complexity index is 738. The zero-order valence-electron chi connectivity index (χ0n) is 16.0. The molecule has 0 spiro atoms. The Labute approximate surface area is 162 Å². The van der Waals surface area contributed by atoms with Crippen LogP contribution in [0.5, 0.6) is 0 Å². The first-order valence-electron chi connectivity index (χ1n) is 9.23. The molecule has 2 aromatic rings. The number of hydrogen-bond acceptors (Lipinski definition) is 2. The molecule has 0 bridgehead atoms. The average molecular weight is 369 g/mol. The van der Waals surface area contributed by atoms with Gasteiger partial charge in [-0.3, -0.25) is 4.79 Å². The zero-order chi connectivity index (χ0) is 19.1. The van der Waals surface area contributed by atoms with Crippen LogP contribution in [-0.4, -0.2) is 10.9 Å². The van der Waals surface area contributed by atoms with E-state index in [1.165, 1.54) is 11.1 Å². The van der Waals surface area contributed by atoms with Crippen molar-refractivity contribution in [3.8, 4) is 0 Å². The highest BCUT2D eigenvalue weighted by molar-refractivity contribution is 7.80. The summed E-state index contributed by atoms with van der Waals surface area (Å²) >= 11 is 5.46. The van der Waals surface area contributed by atoms with Crippen LogP contribution < -0.4 is 10.6 Å². The number of carbonyl (C=O) groups is 1. The molecule has 0 aliphatic carbocycles. The molecule has 2 rings (SSSR count). The second kappa shape index (κ2) is 9.48. The molecule has 2 atom stereocenters. The molecule has 4 heteroatoms. The fourth-order valence-electron chi connectivity index (χ4n) is 2.83. The first-order valence-corrected chi connectivity index (χ1v) is 9.63. The van der Waals surface area contributed by atoms with Gasteiger partial charge in [0.2, 0.25) is 0 Å². The van der Waals surface area contributed by atoms with Crippen molar-refractivity contribution in [2.75, 3.05) is 5.32 Å². The van der Waals surface area contributed by atoms with Crippen LogP contribution in [0.15, 0.2) is 48.5 Å². The molecule has 2 aromatic carbocycles. The summed E-state index contributed by atoms with van der Waals surface area (Å²) in [5, 5.41) is 7.16. The minimum atomic E-state index is 0.0594. The van der Waals surface area contributed by atoms with Gasteiger partial charge >= 0.3 is 0 Å². The van der Waals surface area contributed by atoms with Gasteiger partial charge in [-0.05, 0) is 73.3 Å². The summed E-state index contributed by atoms with van der Waals surface area (Å²) in [4.78, 5) is 11.3. The zero-order valence-corrected chi connectivity index (χ0v) is 16.8. The number of benzene rings is 2. The Hall–Kier alpha value is -2.20. The van der Waals surface area contributed by atoms with Crippen LogP contribution in [0.4, 0.5) is 5.69 Å². The molecule has 138 valence electrons. The lowest BCUT2D eigenvalue weighted by molar-refractivity contribution is 0.101. The minimum absolute atomic E-state index is 0.0594. The highest BCUT2D eigenvalue weighted by Gasteiger charge is 2.12. The standard InChI is InChI=1S/C22H28N2OS/c1-5-15(3)17-7-9-19(10-8-17)21(6-2)24-22(26)23-20-13-11-18(12-14-20)16(4)25/h7-15,21H,5-6H2,1-4H3,(H2,23,24,26). The van der Waals surface area contributed by atoms with Gasteiger partial charge in [0.1, 0.15) is 0 Å². The van der Waals surface area contributed by atoms with Gasteiger partial charge in [0.15, 0.2) is 10.9 Å². The van der Waals surface area contributed by atoms with Crippen molar-refractivity contribution in [2.45, 2.75) is 52.5 Å². The maximum atomic E-state index is 11.3. The molecule has 2 unspecified atom stereocenters. The summed E-state index contributed by atoms with van der Waals surface area (Å²) in [7, 11) is 0. The maximum Gasteiger partial charge on any atom is 0.171 e. The molecule has 0 heterocycles. The molecule has 0 fully saturated rings. The number of hydrogen-bond donors (Lipinski definition) is 2. The van der Waals surface area contributed by atoms with Crippen LogP contribution in [0.1, 0.15) is 74.0 Å². The number of rotatable bonds is 7. The fraction of sp³-hybridized carbons (Fsp3) is 0.364. The third-order valence-corrected chi connectivity index (χ3v) is 5.00. The Kier molecular flexibility index (Phi) is 7.34. The highest BCUT2D eigenvalue weighted by atomic mass is 32.1. The van der Waals surface area contributed by atoms with Gasteiger partial charge < -0.3 is 10.6 Å². The summed E-state index contributed by atoms with van der Waals surface area (Å²) < 4.78 is 0. The van der Waals surface area contributed by atoms with Gasteiger partial charge in [0.05, 0.1) is 6.04 Å². The van der Waals surface area contributed by atoms with E-state index in [0.29, 0.717) is 16.6 Å². The van der Waals surface area contributed by atoms with Crippen LogP contribution in [0.25, 0.3) is 0 Å². The van der Waals surface area contributed by atoms with Crippen molar-refractivity contribution in [3.63, 3.8) is 0 Å². The minimum Gasteiger partial charge on any atom is -0.356 e. The van der Waals surface area contributed by atoms with E-state index in [0.717, 1.165) is 18.5 Å². The molecule has 0 aliphatic heterocycles. The topological polar surface area (TPSA) is 41.1 Å². The van der Waals surface area contributed by atoms with E-state index in [-0.39, 0.29) is 11.8 Å². The van der Waals surface area contributed by atoms with Gasteiger partial charge in [-0.1, -0.05) is 45.0 Å². The Morgan fingerprint density at radius 3 is 2.04 bits per heavy atom. The Balaban J connectivity index is 2.00. The van der Waals surface area contributed by atoms with Crippen molar-refractivity contribution in [1.29, 1.82) is 0 Å². The normalized spacial score (nSPS) is 12.9. The summed E-state index contributed by atoms with van der Waals surface area (Å²) in [6.45, 7) is 8.17. The predicted octanol–water partition coefficient (Wildman–Crippen LogP) is 5.84. The molecule has 3 nitrogen and oxygen atoms in total. The molecule has 0 aliphatic rings. The lowest BCUT2D eigenvalue weighted by Gasteiger charge is -2.21. The van der Waals surface area contributed by atoms with E-state index in [9.17, 15) is 4.79 Å². The van der Waals surface area contributed by atoms with Crippen LogP contribution >= 0.6 is 12.2 Å². The highest BCUT2D eigenvalue weighted by Crippen LogP contribution is 2.23. The smallest absolute Gasteiger partial charge is 0.171 e. The molecule has 2 N–H and O–H groups in total. The number of anilines is 1. The van der Waals surface area contributed by atoms with Crippen molar-refractivity contribution >= 4 is 28.8 Å². The van der Waals surface area contributed by atoms with Crippen molar-refractivity contribution < 1.29 is 4.79 Å². The number of thiocarbonyl (C=S) groups is 1. The number of carbonyl (C=O) groups excluding carboxylic acids is 1. The van der Waals surface area contributed by atoms with E-state index in [2.05, 4.69) is 55.7 Å². The second-order valence-electron chi connectivity index (χ2n) is 6.67. The van der Waals surface area contributed by atoms with Crippen LogP contribution in [0, 0.1) is 0 Å². The lowest BCUT2D eigenvalue weighted by atomic mass is 9.95. The average Bonchev–Trinajstić information content (AvgIpc) is 2.66. The van der Waals surface area contributed by atoms with Crippen molar-refractivity contribution in [1.82, 2.24) is 5.32 Å². The fourth-order valence-corrected chi connectivity index (χ4v) is 3.09. The van der Waals surface area contributed by atoms with Crippen molar-refractivity contribution in [2.24, 2.45) is 0 Å². The summed E-state index contributed by atoms with van der Waals surface area (Å²) in [6, 6.07) is 16.3. The van der Waals surface area contributed by atoms with Crippen LogP contribution in [0.2, 0.25) is 0 Å². The molecule has 0 aromatic heterocycles. The van der Waals surface area contributed by atoms with Gasteiger partial charge in [-0.2, -0.15) is 0 Å². The third-order valence-electron chi connectivity index (χ3n) is 4.78. The van der Waals surface area contributed by atoms with Gasteiger partial charge in [0, 0.05) is 11.3 Å². The number of Topliss-reactive ketones (excluding diaryl/α,β-unsaturated/α-hetero) is 1. The second-order valence-corrected chi connectivity index (χ2v) is 7.08. The predicted molar refractivity (Wildman–Crippen MR) is 114 cm³/mol. The molecule has 0 radical (unpaired) electrons. The summed E-state index contributed by atoms with van der Waals surface area (Å²) in [5.41, 5.74) is 4.17. The van der Waals surface area contributed by atoms with E-state index in [4.69, 9.17) is 12.2 Å². The summed E-state index contributed by atoms with van der Waals surface area (Å²) in [6.07, 6.45) is 2.08. The monoisotopic (exact) mass is 368 g/mol. The summed E-state index contributed by atoms with van der Waals surface area (Å²) in [5.74, 6) is 0.641. The molecule has 0 saturated heterocycles. The van der Waals surface area contributed by atoms with E-state index in [1.807, 2.05) is 12.1 Å². The molecule has 0 saturated carbocycles. The number of ketones is 1. The van der Waals surface area contributed by atoms with E-state index < -0.39 is 0 Å².